The second-order valence-electron chi connectivity index (χ2n) is 5.11. The van der Waals surface area contributed by atoms with Crippen molar-refractivity contribution in [2.45, 2.75) is 42.4 Å². The van der Waals surface area contributed by atoms with Crippen molar-refractivity contribution in [2.24, 2.45) is 5.73 Å². The summed E-state index contributed by atoms with van der Waals surface area (Å²) in [6.07, 6.45) is 4.92. The van der Waals surface area contributed by atoms with Gasteiger partial charge in [-0.05, 0) is 25.0 Å². The maximum atomic E-state index is 12.8. The van der Waals surface area contributed by atoms with Crippen LogP contribution in [-0.4, -0.2) is 42.0 Å². The van der Waals surface area contributed by atoms with E-state index in [4.69, 9.17) is 18.0 Å². The predicted octanol–water partition coefficient (Wildman–Crippen LogP) is 1.70. The summed E-state index contributed by atoms with van der Waals surface area (Å²) in [7, 11) is -3.60. The number of sulfonamides is 1. The summed E-state index contributed by atoms with van der Waals surface area (Å²) in [6, 6.07) is 3.16. The fourth-order valence-corrected chi connectivity index (χ4v) is 5.83. The molecule has 1 aliphatic carbocycles. The molecule has 0 aliphatic heterocycles. The number of nitrogens with zero attached hydrogens (tertiary/aromatic N) is 1. The van der Waals surface area contributed by atoms with E-state index < -0.39 is 10.0 Å². The molecule has 0 radical (unpaired) electrons. The first-order valence-corrected chi connectivity index (χ1v) is 9.65. The highest BCUT2D eigenvalue weighted by Crippen LogP contribution is 2.30. The van der Waals surface area contributed by atoms with E-state index in [-0.39, 0.29) is 28.4 Å². The number of thiocarbonyl (C=S) groups is 1. The average Bonchev–Trinajstić information content (AvgIpc) is 2.96. The van der Waals surface area contributed by atoms with Crippen molar-refractivity contribution in [1.82, 2.24) is 4.31 Å². The highest BCUT2D eigenvalue weighted by atomic mass is 32.2. The van der Waals surface area contributed by atoms with Gasteiger partial charge in [0, 0.05) is 12.6 Å². The molecule has 0 spiro atoms. The molecule has 1 aromatic heterocycles. The number of rotatable bonds is 6. The molecule has 8 heteroatoms. The Morgan fingerprint density at radius 3 is 2.57 bits per heavy atom. The van der Waals surface area contributed by atoms with Gasteiger partial charge in [-0.1, -0.05) is 31.5 Å². The summed E-state index contributed by atoms with van der Waals surface area (Å²) >= 11 is 5.97. The van der Waals surface area contributed by atoms with E-state index in [1.54, 1.807) is 12.1 Å². The molecular formula is C13H20N2O3S3. The predicted molar refractivity (Wildman–Crippen MR) is 88.1 cm³/mol. The first kappa shape index (κ1) is 16.8. The highest BCUT2D eigenvalue weighted by molar-refractivity contribution is 7.91. The van der Waals surface area contributed by atoms with Gasteiger partial charge in [-0.25, -0.2) is 8.42 Å². The van der Waals surface area contributed by atoms with Gasteiger partial charge in [0.25, 0.3) is 10.0 Å². The Morgan fingerprint density at radius 1 is 1.38 bits per heavy atom. The van der Waals surface area contributed by atoms with Gasteiger partial charge in [0.05, 0.1) is 11.5 Å². The number of nitrogens with two attached hydrogens (primary N) is 1. The van der Waals surface area contributed by atoms with E-state index in [0.717, 1.165) is 43.4 Å². The molecule has 1 aliphatic rings. The van der Waals surface area contributed by atoms with Gasteiger partial charge in [-0.2, -0.15) is 4.31 Å². The van der Waals surface area contributed by atoms with Crippen molar-refractivity contribution in [3.05, 3.63) is 17.0 Å². The Balaban J connectivity index is 2.29. The summed E-state index contributed by atoms with van der Waals surface area (Å²) in [6.45, 7) is -0.0451. The van der Waals surface area contributed by atoms with Crippen molar-refractivity contribution in [1.29, 1.82) is 0 Å². The van der Waals surface area contributed by atoms with Crippen molar-refractivity contribution >= 4 is 38.6 Å². The lowest BCUT2D eigenvalue weighted by atomic mass is 9.95. The topological polar surface area (TPSA) is 83.6 Å². The van der Waals surface area contributed by atoms with Gasteiger partial charge in [0.2, 0.25) is 0 Å². The minimum atomic E-state index is -3.60. The van der Waals surface area contributed by atoms with E-state index in [1.807, 2.05) is 0 Å². The highest BCUT2D eigenvalue weighted by Gasteiger charge is 2.33. The van der Waals surface area contributed by atoms with Crippen LogP contribution < -0.4 is 5.73 Å². The Kier molecular flexibility index (Phi) is 5.73. The van der Waals surface area contributed by atoms with Crippen LogP contribution in [0.5, 0.6) is 0 Å². The van der Waals surface area contributed by atoms with Crippen molar-refractivity contribution in [2.75, 3.05) is 13.2 Å². The summed E-state index contributed by atoms with van der Waals surface area (Å²) in [5.74, 6) is 0. The van der Waals surface area contributed by atoms with Crippen LogP contribution >= 0.6 is 23.6 Å². The maximum Gasteiger partial charge on any atom is 0.252 e. The Bertz CT molecular complexity index is 592. The molecule has 0 saturated heterocycles. The summed E-state index contributed by atoms with van der Waals surface area (Å²) < 4.78 is 27.3. The zero-order valence-corrected chi connectivity index (χ0v) is 14.1. The van der Waals surface area contributed by atoms with Crippen LogP contribution in [0.15, 0.2) is 16.3 Å². The lowest BCUT2D eigenvalue weighted by Crippen LogP contribution is -2.42. The van der Waals surface area contributed by atoms with Gasteiger partial charge in [0.1, 0.15) is 9.20 Å². The fraction of sp³-hybridized carbons (Fsp3) is 0.615. The molecule has 21 heavy (non-hydrogen) atoms. The quantitative estimate of drug-likeness (QED) is 0.765. The molecule has 1 saturated carbocycles. The van der Waals surface area contributed by atoms with Crippen LogP contribution in [0.1, 0.15) is 37.0 Å². The molecule has 0 unspecified atom stereocenters. The Hall–Kier alpha value is -0.540. The Labute approximate surface area is 134 Å². The molecule has 0 amide bonds. The molecule has 1 fully saturated rings. The van der Waals surface area contributed by atoms with Gasteiger partial charge in [0.15, 0.2) is 0 Å². The molecule has 0 aromatic carbocycles. The lowest BCUT2D eigenvalue weighted by Gasteiger charge is -2.32. The molecular weight excluding hydrogens is 328 g/mol. The second kappa shape index (κ2) is 7.15. The van der Waals surface area contributed by atoms with Crippen LogP contribution in [-0.2, 0) is 10.0 Å². The van der Waals surface area contributed by atoms with Gasteiger partial charge in [-0.15, -0.1) is 11.3 Å². The Morgan fingerprint density at radius 2 is 2.05 bits per heavy atom. The van der Waals surface area contributed by atoms with Gasteiger partial charge in [-0.3, -0.25) is 0 Å². The van der Waals surface area contributed by atoms with Gasteiger partial charge >= 0.3 is 0 Å². The third-order valence-corrected chi connectivity index (χ3v) is 7.58. The molecule has 0 bridgehead atoms. The summed E-state index contributed by atoms with van der Waals surface area (Å²) in [5.41, 5.74) is 5.54. The van der Waals surface area contributed by atoms with Crippen LogP contribution in [0.25, 0.3) is 0 Å². The molecule has 2 rings (SSSR count). The number of thiophene rings is 1. The zero-order valence-electron chi connectivity index (χ0n) is 11.7. The molecule has 1 aromatic rings. The molecule has 5 nitrogen and oxygen atoms in total. The lowest BCUT2D eigenvalue weighted by molar-refractivity contribution is 0.199. The standard InChI is InChI=1S/C13H20N2O3S3/c14-13(19)11-6-7-12(20-11)21(17,18)15(8-9-16)10-4-2-1-3-5-10/h6-7,10,16H,1-5,8-9H2,(H2,14,19). The van der Waals surface area contributed by atoms with Crippen molar-refractivity contribution < 1.29 is 13.5 Å². The third kappa shape index (κ3) is 3.81. The third-order valence-electron chi connectivity index (χ3n) is 3.69. The number of aliphatic hydroxyl groups is 1. The number of hydrogen-bond acceptors (Lipinski definition) is 5. The van der Waals surface area contributed by atoms with E-state index in [2.05, 4.69) is 0 Å². The minimum Gasteiger partial charge on any atom is -0.395 e. The van der Waals surface area contributed by atoms with E-state index in [9.17, 15) is 13.5 Å². The van der Waals surface area contributed by atoms with E-state index in [1.165, 1.54) is 4.31 Å². The molecule has 3 N–H and O–H groups in total. The summed E-state index contributed by atoms with van der Waals surface area (Å²) in [4.78, 5) is 0.795. The van der Waals surface area contributed by atoms with Crippen molar-refractivity contribution in [3.8, 4) is 0 Å². The molecule has 1 heterocycles. The first-order chi connectivity index (χ1) is 9.96. The first-order valence-electron chi connectivity index (χ1n) is 6.99. The maximum absolute atomic E-state index is 12.8. The average molecular weight is 349 g/mol. The van der Waals surface area contributed by atoms with Crippen LogP contribution in [0.2, 0.25) is 0 Å². The number of aliphatic hydroxyl groups excluding tert-OH is 1. The molecule has 118 valence electrons. The molecule has 0 atom stereocenters. The monoisotopic (exact) mass is 348 g/mol. The normalized spacial score (nSPS) is 17.2. The van der Waals surface area contributed by atoms with Gasteiger partial charge < -0.3 is 10.8 Å². The van der Waals surface area contributed by atoms with E-state index in [0.29, 0.717) is 4.88 Å². The number of hydrogen-bond donors (Lipinski definition) is 2. The SMILES string of the molecule is NC(=S)c1ccc(S(=O)(=O)N(CCO)C2CCCCC2)s1. The van der Waals surface area contributed by atoms with Crippen LogP contribution in [0, 0.1) is 0 Å². The minimum absolute atomic E-state index is 0.0220. The largest absolute Gasteiger partial charge is 0.395 e. The zero-order chi connectivity index (χ0) is 15.5. The summed E-state index contributed by atoms with van der Waals surface area (Å²) in [5, 5.41) is 9.23. The van der Waals surface area contributed by atoms with Crippen LogP contribution in [0.3, 0.4) is 0 Å². The van der Waals surface area contributed by atoms with Crippen molar-refractivity contribution in [3.63, 3.8) is 0 Å². The fourth-order valence-electron chi connectivity index (χ4n) is 2.67. The smallest absolute Gasteiger partial charge is 0.252 e. The van der Waals surface area contributed by atoms with Crippen LogP contribution in [0.4, 0.5) is 0 Å². The van der Waals surface area contributed by atoms with E-state index >= 15 is 0 Å². The second-order valence-corrected chi connectivity index (χ2v) is 8.76.